The van der Waals surface area contributed by atoms with Crippen LogP contribution < -0.4 is 5.32 Å². The lowest BCUT2D eigenvalue weighted by molar-refractivity contribution is -0.144. The number of fused-ring (bicyclic) bond motifs is 1. The zero-order valence-electron chi connectivity index (χ0n) is 17.7. The Balaban J connectivity index is 1.47. The van der Waals surface area contributed by atoms with Gasteiger partial charge in [-0.15, -0.1) is 0 Å². The molecule has 2 aliphatic heterocycles. The van der Waals surface area contributed by atoms with Gasteiger partial charge < -0.3 is 20.1 Å². The second kappa shape index (κ2) is 8.50. The third-order valence-electron chi connectivity index (χ3n) is 6.16. The second-order valence-electron chi connectivity index (χ2n) is 8.72. The molecule has 0 radical (unpaired) electrons. The molecule has 2 unspecified atom stereocenters. The number of H-pyrrole nitrogens is 1. The van der Waals surface area contributed by atoms with Crippen molar-refractivity contribution >= 4 is 28.6 Å². The Morgan fingerprint density at radius 2 is 2.03 bits per heavy atom. The molecule has 0 aliphatic carbocycles. The van der Waals surface area contributed by atoms with E-state index in [1.54, 1.807) is 9.80 Å². The topological polar surface area (TPSA) is 85.5 Å². The molecule has 30 heavy (non-hydrogen) atoms. The summed E-state index contributed by atoms with van der Waals surface area (Å²) in [5.74, 6) is -0.169. The summed E-state index contributed by atoms with van der Waals surface area (Å²) < 4.78 is 0. The number of nitrogens with one attached hydrogen (secondary N) is 2. The summed E-state index contributed by atoms with van der Waals surface area (Å²) in [6.45, 7) is 5.38. The first-order chi connectivity index (χ1) is 14.4. The van der Waals surface area contributed by atoms with Gasteiger partial charge in [-0.2, -0.15) is 0 Å². The molecule has 3 heterocycles. The van der Waals surface area contributed by atoms with Crippen molar-refractivity contribution in [3.05, 3.63) is 36.0 Å². The summed E-state index contributed by atoms with van der Waals surface area (Å²) in [4.78, 5) is 45.1. The van der Waals surface area contributed by atoms with Crippen LogP contribution >= 0.6 is 0 Å². The highest BCUT2D eigenvalue weighted by Crippen LogP contribution is 2.28. The van der Waals surface area contributed by atoms with E-state index < -0.39 is 6.04 Å². The number of aromatic amines is 1. The molecule has 2 N–H and O–H groups in total. The van der Waals surface area contributed by atoms with Crippen molar-refractivity contribution in [3.63, 3.8) is 0 Å². The van der Waals surface area contributed by atoms with Gasteiger partial charge in [-0.1, -0.05) is 18.2 Å². The summed E-state index contributed by atoms with van der Waals surface area (Å²) in [6, 6.07) is 7.62. The van der Waals surface area contributed by atoms with Gasteiger partial charge in [0.1, 0.15) is 6.04 Å². The molecule has 4 rings (SSSR count). The first-order valence-corrected chi connectivity index (χ1v) is 10.9. The zero-order chi connectivity index (χ0) is 21.3. The van der Waals surface area contributed by atoms with Crippen LogP contribution in [-0.2, 0) is 20.9 Å². The number of hydrogen-bond acceptors (Lipinski definition) is 3. The normalized spacial score (nSPS) is 22.2. The minimum Gasteiger partial charge on any atom is -0.361 e. The minimum atomic E-state index is -0.446. The summed E-state index contributed by atoms with van der Waals surface area (Å²) in [7, 11) is 0. The van der Waals surface area contributed by atoms with Gasteiger partial charge in [-0.3, -0.25) is 14.4 Å². The molecule has 7 nitrogen and oxygen atoms in total. The van der Waals surface area contributed by atoms with E-state index in [1.165, 1.54) is 0 Å². The fourth-order valence-electron chi connectivity index (χ4n) is 4.64. The number of benzene rings is 1. The van der Waals surface area contributed by atoms with E-state index >= 15 is 0 Å². The number of amides is 3. The van der Waals surface area contributed by atoms with Crippen LogP contribution in [0, 0.1) is 5.92 Å². The van der Waals surface area contributed by atoms with Gasteiger partial charge in [0, 0.05) is 49.2 Å². The third kappa shape index (κ3) is 4.06. The molecule has 0 bridgehead atoms. The van der Waals surface area contributed by atoms with Gasteiger partial charge in [-0.05, 0) is 44.7 Å². The van der Waals surface area contributed by atoms with Gasteiger partial charge in [0.25, 0.3) is 0 Å². The molecule has 1 aromatic carbocycles. The molecule has 1 aromatic heterocycles. The molecule has 2 fully saturated rings. The van der Waals surface area contributed by atoms with Gasteiger partial charge in [0.15, 0.2) is 0 Å². The van der Waals surface area contributed by atoms with Crippen molar-refractivity contribution in [2.75, 3.05) is 13.1 Å². The predicted molar refractivity (Wildman–Crippen MR) is 114 cm³/mol. The molecule has 0 spiro atoms. The molecule has 2 aromatic rings. The maximum absolute atomic E-state index is 13.3. The van der Waals surface area contributed by atoms with Gasteiger partial charge >= 0.3 is 0 Å². The van der Waals surface area contributed by atoms with Crippen molar-refractivity contribution in [3.8, 4) is 0 Å². The van der Waals surface area contributed by atoms with Crippen LogP contribution in [0.25, 0.3) is 10.9 Å². The van der Waals surface area contributed by atoms with Crippen LogP contribution in [0.2, 0.25) is 0 Å². The Morgan fingerprint density at radius 1 is 1.23 bits per heavy atom. The highest BCUT2D eigenvalue weighted by molar-refractivity contribution is 5.92. The van der Waals surface area contributed by atoms with Crippen molar-refractivity contribution < 1.29 is 14.4 Å². The maximum atomic E-state index is 13.3. The molecule has 2 atom stereocenters. The number of piperidine rings is 1. The monoisotopic (exact) mass is 410 g/mol. The van der Waals surface area contributed by atoms with Crippen molar-refractivity contribution in [2.24, 2.45) is 5.92 Å². The zero-order valence-corrected chi connectivity index (χ0v) is 17.7. The predicted octanol–water partition coefficient (Wildman–Crippen LogP) is 2.42. The second-order valence-corrected chi connectivity index (χ2v) is 8.72. The molecule has 3 amide bonds. The van der Waals surface area contributed by atoms with E-state index in [0.29, 0.717) is 32.5 Å². The average Bonchev–Trinajstić information content (AvgIpc) is 3.31. The van der Waals surface area contributed by atoms with E-state index in [2.05, 4.69) is 10.3 Å². The largest absolute Gasteiger partial charge is 0.361 e. The van der Waals surface area contributed by atoms with Crippen molar-refractivity contribution in [1.82, 2.24) is 20.1 Å². The van der Waals surface area contributed by atoms with E-state index in [9.17, 15) is 14.4 Å². The molecule has 0 saturated carbocycles. The number of carbonyl (C=O) groups is 3. The number of nitrogens with zero attached hydrogens (tertiary/aromatic N) is 2. The van der Waals surface area contributed by atoms with Gasteiger partial charge in [0.05, 0.1) is 5.92 Å². The summed E-state index contributed by atoms with van der Waals surface area (Å²) in [5.41, 5.74) is 2.04. The van der Waals surface area contributed by atoms with Crippen LogP contribution in [0.4, 0.5) is 0 Å². The standard InChI is InChI=1S/C23H30N4O3/c1-15(2)25-22(29)16-6-5-11-26(13-16)23(30)20-9-10-21(28)27(20)14-17-12-24-19-8-4-3-7-18(17)19/h3-4,7-8,12,15-16,20,24H,5-6,9-11,13-14H2,1-2H3,(H,25,29). The molecular weight excluding hydrogens is 380 g/mol. The Morgan fingerprint density at radius 3 is 2.83 bits per heavy atom. The Kier molecular flexibility index (Phi) is 5.79. The van der Waals surface area contributed by atoms with Crippen LogP contribution in [-0.4, -0.2) is 57.7 Å². The number of aromatic nitrogens is 1. The van der Waals surface area contributed by atoms with Gasteiger partial charge in [0.2, 0.25) is 17.7 Å². The smallest absolute Gasteiger partial charge is 0.245 e. The highest BCUT2D eigenvalue weighted by atomic mass is 16.2. The van der Waals surface area contributed by atoms with E-state index in [0.717, 1.165) is 29.3 Å². The average molecular weight is 411 g/mol. The maximum Gasteiger partial charge on any atom is 0.245 e. The lowest BCUT2D eigenvalue weighted by Gasteiger charge is -2.36. The summed E-state index contributed by atoms with van der Waals surface area (Å²) in [6.07, 6.45) is 4.46. The number of likely N-dealkylation sites (tertiary alicyclic amines) is 2. The van der Waals surface area contributed by atoms with Gasteiger partial charge in [-0.25, -0.2) is 0 Å². The van der Waals surface area contributed by atoms with E-state index in [4.69, 9.17) is 0 Å². The van der Waals surface area contributed by atoms with Crippen molar-refractivity contribution in [1.29, 1.82) is 0 Å². The van der Waals surface area contributed by atoms with E-state index in [-0.39, 0.29) is 29.7 Å². The molecule has 2 aliphatic rings. The minimum absolute atomic E-state index is 0.0145. The van der Waals surface area contributed by atoms with Crippen LogP contribution in [0.1, 0.15) is 45.1 Å². The first-order valence-electron chi connectivity index (χ1n) is 10.9. The first kappa shape index (κ1) is 20.4. The molecular formula is C23H30N4O3. The quantitative estimate of drug-likeness (QED) is 0.794. The number of para-hydroxylation sites is 1. The summed E-state index contributed by atoms with van der Waals surface area (Å²) >= 11 is 0. The molecule has 2 saturated heterocycles. The number of hydrogen-bond donors (Lipinski definition) is 2. The Hall–Kier alpha value is -2.83. The lowest BCUT2D eigenvalue weighted by Crippen LogP contribution is -2.52. The van der Waals surface area contributed by atoms with Crippen LogP contribution in [0.15, 0.2) is 30.5 Å². The lowest BCUT2D eigenvalue weighted by atomic mass is 9.96. The number of carbonyl (C=O) groups excluding carboxylic acids is 3. The fourth-order valence-corrected chi connectivity index (χ4v) is 4.64. The fraction of sp³-hybridized carbons (Fsp3) is 0.522. The van der Waals surface area contributed by atoms with Crippen molar-refractivity contribution in [2.45, 2.75) is 58.2 Å². The SMILES string of the molecule is CC(C)NC(=O)C1CCCN(C(=O)C2CCC(=O)N2Cc2c[nH]c3ccccc23)C1. The highest BCUT2D eigenvalue weighted by Gasteiger charge is 2.40. The van der Waals surface area contributed by atoms with Crippen LogP contribution in [0.3, 0.4) is 0 Å². The molecule has 160 valence electrons. The van der Waals surface area contributed by atoms with E-state index in [1.807, 2.05) is 44.3 Å². The van der Waals surface area contributed by atoms with Crippen LogP contribution in [0.5, 0.6) is 0 Å². The third-order valence-corrected chi connectivity index (χ3v) is 6.16. The Bertz CT molecular complexity index is 951. The Labute approximate surface area is 176 Å². The number of rotatable bonds is 5. The summed E-state index contributed by atoms with van der Waals surface area (Å²) in [5, 5.41) is 4.03. The molecule has 7 heteroatoms.